The van der Waals surface area contributed by atoms with Crippen LogP contribution in [0.15, 0.2) is 65.1 Å². The van der Waals surface area contributed by atoms with Crippen molar-refractivity contribution in [1.29, 1.82) is 0 Å². The minimum Gasteiger partial charge on any atom is -0.455 e. The highest BCUT2D eigenvalue weighted by atomic mass is 19.1. The zero-order chi connectivity index (χ0) is 27.1. The molecule has 0 spiro atoms. The standard InChI is InChI=1S/C32H29FN2O4/c1-34-31(38)28-26-15-25(21-6-4-7-23(13-21)30(37)35-32-16-19(17-32)18-32)22(5-2-3-12-36)14-27(26)39-29(28)20-8-10-24(33)11-9-20/h4,6-15,19H,2-3,5,16-18H2,1H3,(H,34,38)(H,35,37). The number of halogens is 1. The van der Waals surface area contributed by atoms with Crippen molar-refractivity contribution < 1.29 is 23.2 Å². The monoisotopic (exact) mass is 524 g/mol. The highest BCUT2D eigenvalue weighted by Crippen LogP contribution is 2.57. The lowest BCUT2D eigenvalue weighted by atomic mass is 9.50. The summed E-state index contributed by atoms with van der Waals surface area (Å²) < 4.78 is 19.8. The van der Waals surface area contributed by atoms with Crippen LogP contribution >= 0.6 is 0 Å². The lowest BCUT2D eigenvalue weighted by molar-refractivity contribution is -0.107. The summed E-state index contributed by atoms with van der Waals surface area (Å²) in [5.41, 5.74) is 4.69. The lowest BCUT2D eigenvalue weighted by Crippen LogP contribution is -2.68. The number of rotatable bonds is 9. The molecule has 0 atom stereocenters. The molecule has 0 unspecified atom stereocenters. The van der Waals surface area contributed by atoms with Gasteiger partial charge in [-0.2, -0.15) is 0 Å². The van der Waals surface area contributed by atoms with Crippen LogP contribution in [0.3, 0.4) is 0 Å². The molecule has 198 valence electrons. The number of carbonyl (C=O) groups is 3. The Balaban J connectivity index is 1.46. The van der Waals surface area contributed by atoms with Gasteiger partial charge in [0.1, 0.15) is 23.4 Å². The third-order valence-electron chi connectivity index (χ3n) is 8.10. The van der Waals surface area contributed by atoms with E-state index in [-0.39, 0.29) is 23.2 Å². The molecule has 0 aliphatic heterocycles. The number of hydrogen-bond donors (Lipinski definition) is 2. The number of carbonyl (C=O) groups excluding carboxylic acids is 3. The SMILES string of the molecule is CNC(=O)c1c(-c2ccc(F)cc2)oc2cc(CCCC=O)c(-c3cccc(C(=O)NC45CC(C4)C5)c3)cc12. The molecule has 0 radical (unpaired) electrons. The molecule has 1 heterocycles. The van der Waals surface area contributed by atoms with E-state index in [0.29, 0.717) is 52.7 Å². The topological polar surface area (TPSA) is 88.4 Å². The molecular weight excluding hydrogens is 495 g/mol. The highest BCUT2D eigenvalue weighted by molar-refractivity contribution is 6.12. The minimum absolute atomic E-state index is 0.0212. The molecule has 7 heteroatoms. The second-order valence-corrected chi connectivity index (χ2v) is 10.8. The van der Waals surface area contributed by atoms with Crippen molar-refractivity contribution in [2.45, 2.75) is 44.1 Å². The molecule has 3 saturated carbocycles. The van der Waals surface area contributed by atoms with Crippen LogP contribution in [0.4, 0.5) is 4.39 Å². The number of amides is 2. The van der Waals surface area contributed by atoms with Gasteiger partial charge < -0.3 is 19.8 Å². The van der Waals surface area contributed by atoms with E-state index in [1.54, 1.807) is 19.2 Å². The average molecular weight is 525 g/mol. The molecular formula is C32H29FN2O4. The van der Waals surface area contributed by atoms with E-state index in [2.05, 4.69) is 10.6 Å². The predicted molar refractivity (Wildman–Crippen MR) is 147 cm³/mol. The van der Waals surface area contributed by atoms with E-state index in [4.69, 9.17) is 4.42 Å². The summed E-state index contributed by atoms with van der Waals surface area (Å²) in [6, 6.07) is 17.2. The Morgan fingerprint density at radius 1 is 1.03 bits per heavy atom. The number of benzene rings is 3. The Labute approximate surface area is 225 Å². The highest BCUT2D eigenvalue weighted by Gasteiger charge is 2.57. The molecule has 6 nitrogen and oxygen atoms in total. The first-order valence-electron chi connectivity index (χ1n) is 13.3. The van der Waals surface area contributed by atoms with Crippen molar-refractivity contribution >= 4 is 29.1 Å². The third kappa shape index (κ3) is 4.52. The fraction of sp³-hybridized carbons (Fsp3) is 0.281. The maximum Gasteiger partial charge on any atom is 0.255 e. The first-order chi connectivity index (χ1) is 18.9. The first-order valence-corrected chi connectivity index (χ1v) is 13.3. The largest absolute Gasteiger partial charge is 0.455 e. The molecule has 3 fully saturated rings. The quantitative estimate of drug-likeness (QED) is 0.206. The number of furan rings is 1. The van der Waals surface area contributed by atoms with Crippen LogP contribution in [0.5, 0.6) is 0 Å². The normalized spacial score (nSPS) is 19.2. The van der Waals surface area contributed by atoms with Gasteiger partial charge in [0.15, 0.2) is 0 Å². The van der Waals surface area contributed by atoms with Crippen molar-refractivity contribution in [2.24, 2.45) is 5.92 Å². The predicted octanol–water partition coefficient (Wildman–Crippen LogP) is 6.07. The van der Waals surface area contributed by atoms with Crippen LogP contribution in [-0.4, -0.2) is 30.7 Å². The maximum absolute atomic E-state index is 13.6. The number of fused-ring (bicyclic) bond motifs is 1. The average Bonchev–Trinajstić information content (AvgIpc) is 3.28. The van der Waals surface area contributed by atoms with Crippen LogP contribution in [0.2, 0.25) is 0 Å². The van der Waals surface area contributed by atoms with Gasteiger partial charge >= 0.3 is 0 Å². The molecule has 1 aromatic heterocycles. The summed E-state index contributed by atoms with van der Waals surface area (Å²) in [7, 11) is 1.55. The molecule has 2 N–H and O–H groups in total. The fourth-order valence-electron chi connectivity index (χ4n) is 5.96. The summed E-state index contributed by atoms with van der Waals surface area (Å²) in [6.07, 6.45) is 5.79. The zero-order valence-electron chi connectivity index (χ0n) is 21.7. The zero-order valence-corrected chi connectivity index (χ0v) is 21.7. The van der Waals surface area contributed by atoms with Crippen molar-refractivity contribution in [1.82, 2.24) is 10.6 Å². The van der Waals surface area contributed by atoms with Gasteiger partial charge in [-0.1, -0.05) is 12.1 Å². The van der Waals surface area contributed by atoms with Gasteiger partial charge in [-0.3, -0.25) is 9.59 Å². The van der Waals surface area contributed by atoms with E-state index in [0.717, 1.165) is 48.2 Å². The lowest BCUT2D eigenvalue weighted by Gasteiger charge is -2.61. The third-order valence-corrected chi connectivity index (χ3v) is 8.10. The van der Waals surface area contributed by atoms with E-state index in [9.17, 15) is 18.8 Å². The van der Waals surface area contributed by atoms with Crippen LogP contribution in [-0.2, 0) is 11.2 Å². The van der Waals surface area contributed by atoms with Gasteiger partial charge in [-0.15, -0.1) is 0 Å². The van der Waals surface area contributed by atoms with E-state index in [1.807, 2.05) is 36.4 Å². The summed E-state index contributed by atoms with van der Waals surface area (Å²) in [5.74, 6) is 0.341. The van der Waals surface area contributed by atoms with Crippen LogP contribution < -0.4 is 10.6 Å². The molecule has 2 bridgehead atoms. The van der Waals surface area contributed by atoms with Crippen molar-refractivity contribution in [3.8, 4) is 22.5 Å². The second kappa shape index (κ2) is 9.80. The van der Waals surface area contributed by atoms with Gasteiger partial charge in [-0.25, -0.2) is 4.39 Å². The van der Waals surface area contributed by atoms with Gasteiger partial charge in [0.2, 0.25) is 0 Å². The van der Waals surface area contributed by atoms with E-state index >= 15 is 0 Å². The summed E-state index contributed by atoms with van der Waals surface area (Å²) in [5, 5.41) is 6.53. The first kappa shape index (κ1) is 25.0. The smallest absolute Gasteiger partial charge is 0.255 e. The van der Waals surface area contributed by atoms with Crippen molar-refractivity contribution in [3.05, 3.63) is 83.2 Å². The fourth-order valence-corrected chi connectivity index (χ4v) is 5.96. The van der Waals surface area contributed by atoms with Gasteiger partial charge in [-0.05, 0) is 103 Å². The van der Waals surface area contributed by atoms with Crippen LogP contribution in [0.25, 0.3) is 33.4 Å². The van der Waals surface area contributed by atoms with Crippen molar-refractivity contribution in [3.63, 3.8) is 0 Å². The molecule has 2 amide bonds. The minimum atomic E-state index is -0.381. The molecule has 39 heavy (non-hydrogen) atoms. The second-order valence-electron chi connectivity index (χ2n) is 10.8. The van der Waals surface area contributed by atoms with E-state index in [1.165, 1.54) is 12.1 Å². The molecule has 4 aromatic rings. The number of unbranched alkanes of at least 4 members (excludes halogenated alkanes) is 1. The summed E-state index contributed by atoms with van der Waals surface area (Å²) in [6.45, 7) is 0. The Kier molecular flexibility index (Phi) is 6.29. The molecule has 7 rings (SSSR count). The van der Waals surface area contributed by atoms with Crippen LogP contribution in [0.1, 0.15) is 58.4 Å². The van der Waals surface area contributed by atoms with Gasteiger partial charge in [0.05, 0.1) is 5.56 Å². The Morgan fingerprint density at radius 2 is 1.79 bits per heavy atom. The van der Waals surface area contributed by atoms with Crippen LogP contribution in [0, 0.1) is 11.7 Å². The van der Waals surface area contributed by atoms with E-state index < -0.39 is 0 Å². The number of aryl methyl sites for hydroxylation is 1. The molecule has 3 aromatic carbocycles. The Hall–Kier alpha value is -4.26. The molecule has 0 saturated heterocycles. The van der Waals surface area contributed by atoms with Gasteiger partial charge in [0.25, 0.3) is 11.8 Å². The number of hydrogen-bond acceptors (Lipinski definition) is 4. The van der Waals surface area contributed by atoms with Gasteiger partial charge in [0, 0.05) is 35.5 Å². The van der Waals surface area contributed by atoms with Crippen molar-refractivity contribution in [2.75, 3.05) is 7.05 Å². The Morgan fingerprint density at radius 3 is 2.46 bits per heavy atom. The molecule has 3 aliphatic carbocycles. The summed E-state index contributed by atoms with van der Waals surface area (Å²) >= 11 is 0. The maximum atomic E-state index is 13.6. The molecule has 3 aliphatic rings. The number of nitrogens with one attached hydrogen (secondary N) is 2. The summed E-state index contributed by atoms with van der Waals surface area (Å²) in [4.78, 5) is 37.2. The Bertz CT molecular complexity index is 1590. The number of aldehydes is 1.